The molecule has 4 heteroatoms. The summed E-state index contributed by atoms with van der Waals surface area (Å²) >= 11 is 0. The summed E-state index contributed by atoms with van der Waals surface area (Å²) in [6, 6.07) is 3.20. The summed E-state index contributed by atoms with van der Waals surface area (Å²) in [5, 5.41) is 9.15. The Morgan fingerprint density at radius 2 is 2.29 bits per heavy atom. The molecule has 1 amide bonds. The third-order valence-electron chi connectivity index (χ3n) is 2.23. The molecular formula is C10H15NO3. The molecule has 78 valence electrons. The van der Waals surface area contributed by atoms with Crippen molar-refractivity contribution in [1.29, 1.82) is 0 Å². The van der Waals surface area contributed by atoms with Crippen molar-refractivity contribution in [3.63, 3.8) is 0 Å². The van der Waals surface area contributed by atoms with E-state index in [1.807, 2.05) is 13.0 Å². The third kappa shape index (κ3) is 2.14. The number of hydrogen-bond donors (Lipinski definition) is 1. The smallest absolute Gasteiger partial charge is 0.219 e. The molecule has 0 aliphatic rings. The molecule has 0 radical (unpaired) electrons. The Bertz CT molecular complexity index is 319. The number of aryl methyl sites for hydroxylation is 1. The second-order valence-corrected chi connectivity index (χ2v) is 3.28. The average Bonchev–Trinajstić information content (AvgIpc) is 2.53. The van der Waals surface area contributed by atoms with Crippen molar-refractivity contribution in [3.8, 4) is 0 Å². The quantitative estimate of drug-likeness (QED) is 0.789. The van der Waals surface area contributed by atoms with E-state index in [2.05, 4.69) is 0 Å². The van der Waals surface area contributed by atoms with E-state index in [0.29, 0.717) is 5.76 Å². The van der Waals surface area contributed by atoms with Gasteiger partial charge in [0.15, 0.2) is 0 Å². The molecule has 0 fully saturated rings. The van der Waals surface area contributed by atoms with Crippen LogP contribution in [0.3, 0.4) is 0 Å². The normalized spacial score (nSPS) is 12.6. The van der Waals surface area contributed by atoms with Crippen LogP contribution in [-0.4, -0.2) is 29.6 Å². The van der Waals surface area contributed by atoms with Crippen molar-refractivity contribution < 1.29 is 14.3 Å². The zero-order valence-electron chi connectivity index (χ0n) is 8.65. The van der Waals surface area contributed by atoms with Gasteiger partial charge in [-0.15, -0.1) is 0 Å². The Kier molecular flexibility index (Phi) is 3.30. The lowest BCUT2D eigenvalue weighted by Crippen LogP contribution is -2.31. The number of aliphatic hydroxyl groups excluding tert-OH is 1. The average molecular weight is 197 g/mol. The molecule has 0 aromatic carbocycles. The summed E-state index contributed by atoms with van der Waals surface area (Å²) in [6.45, 7) is 3.15. The van der Waals surface area contributed by atoms with Gasteiger partial charge < -0.3 is 14.4 Å². The summed E-state index contributed by atoms with van der Waals surface area (Å²) in [5.74, 6) is 1.29. The second kappa shape index (κ2) is 4.28. The van der Waals surface area contributed by atoms with Crippen molar-refractivity contribution >= 4 is 5.91 Å². The zero-order chi connectivity index (χ0) is 10.7. The molecule has 14 heavy (non-hydrogen) atoms. The number of carbonyl (C=O) groups excluding carboxylic acids is 1. The van der Waals surface area contributed by atoms with E-state index in [9.17, 15) is 4.79 Å². The number of amides is 1. The Balaban J connectivity index is 2.86. The predicted octanol–water partition coefficient (Wildman–Crippen LogP) is 1.10. The van der Waals surface area contributed by atoms with Crippen molar-refractivity contribution in [3.05, 3.63) is 23.7 Å². The summed E-state index contributed by atoms with van der Waals surface area (Å²) in [6.07, 6.45) is 0. The van der Waals surface area contributed by atoms with Gasteiger partial charge in [-0.25, -0.2) is 0 Å². The van der Waals surface area contributed by atoms with E-state index in [-0.39, 0.29) is 18.6 Å². The SMILES string of the molecule is CC(=O)N(C)C(CO)c1ccc(C)o1. The molecule has 1 aromatic rings. The maximum absolute atomic E-state index is 11.1. The van der Waals surface area contributed by atoms with Gasteiger partial charge in [-0.05, 0) is 19.1 Å². The molecule has 0 spiro atoms. The fraction of sp³-hybridized carbons (Fsp3) is 0.500. The number of rotatable bonds is 3. The molecule has 1 unspecified atom stereocenters. The van der Waals surface area contributed by atoms with Crippen molar-refractivity contribution in [2.75, 3.05) is 13.7 Å². The van der Waals surface area contributed by atoms with Gasteiger partial charge in [0.1, 0.15) is 17.6 Å². The topological polar surface area (TPSA) is 53.7 Å². The first-order chi connectivity index (χ1) is 6.56. The van der Waals surface area contributed by atoms with Crippen LogP contribution in [0, 0.1) is 6.92 Å². The van der Waals surface area contributed by atoms with E-state index in [1.54, 1.807) is 13.1 Å². The van der Waals surface area contributed by atoms with Crippen LogP contribution in [0.5, 0.6) is 0 Å². The van der Waals surface area contributed by atoms with Crippen molar-refractivity contribution in [2.24, 2.45) is 0 Å². The van der Waals surface area contributed by atoms with Crippen LogP contribution >= 0.6 is 0 Å². The molecular weight excluding hydrogens is 182 g/mol. The van der Waals surface area contributed by atoms with Gasteiger partial charge in [-0.2, -0.15) is 0 Å². The highest BCUT2D eigenvalue weighted by Crippen LogP contribution is 2.20. The number of likely N-dealkylation sites (N-methyl/N-ethyl adjacent to an activating group) is 1. The lowest BCUT2D eigenvalue weighted by molar-refractivity contribution is -0.131. The zero-order valence-corrected chi connectivity index (χ0v) is 8.65. The molecule has 1 N–H and O–H groups in total. The summed E-state index contributed by atoms with van der Waals surface area (Å²) in [4.78, 5) is 12.6. The molecule has 0 saturated heterocycles. The maximum Gasteiger partial charge on any atom is 0.219 e. The maximum atomic E-state index is 11.1. The van der Waals surface area contributed by atoms with E-state index in [1.165, 1.54) is 11.8 Å². The van der Waals surface area contributed by atoms with E-state index < -0.39 is 0 Å². The van der Waals surface area contributed by atoms with Gasteiger partial charge in [-0.3, -0.25) is 4.79 Å². The van der Waals surface area contributed by atoms with Gasteiger partial charge in [0.05, 0.1) is 6.61 Å². The molecule has 1 atom stereocenters. The van der Waals surface area contributed by atoms with E-state index in [4.69, 9.17) is 9.52 Å². The van der Waals surface area contributed by atoms with Crippen molar-refractivity contribution in [1.82, 2.24) is 4.90 Å². The van der Waals surface area contributed by atoms with E-state index in [0.717, 1.165) is 5.76 Å². The van der Waals surface area contributed by atoms with Crippen LogP contribution < -0.4 is 0 Å². The first-order valence-corrected chi connectivity index (χ1v) is 4.47. The van der Waals surface area contributed by atoms with Gasteiger partial charge in [-0.1, -0.05) is 0 Å². The minimum Gasteiger partial charge on any atom is -0.464 e. The largest absolute Gasteiger partial charge is 0.464 e. The Morgan fingerprint density at radius 1 is 1.64 bits per heavy atom. The third-order valence-corrected chi connectivity index (χ3v) is 2.23. The molecule has 0 aliphatic carbocycles. The minimum absolute atomic E-state index is 0.0990. The number of furan rings is 1. The lowest BCUT2D eigenvalue weighted by atomic mass is 10.2. The molecule has 1 aromatic heterocycles. The fourth-order valence-corrected chi connectivity index (χ4v) is 1.26. The van der Waals surface area contributed by atoms with Gasteiger partial charge in [0.25, 0.3) is 0 Å². The first kappa shape index (κ1) is 10.8. The van der Waals surface area contributed by atoms with Crippen LogP contribution in [0.4, 0.5) is 0 Å². The molecule has 0 bridgehead atoms. The van der Waals surface area contributed by atoms with Gasteiger partial charge in [0, 0.05) is 14.0 Å². The molecule has 0 saturated carbocycles. The van der Waals surface area contributed by atoms with Crippen LogP contribution in [0.25, 0.3) is 0 Å². The van der Waals surface area contributed by atoms with Crippen molar-refractivity contribution in [2.45, 2.75) is 19.9 Å². The standard InChI is InChI=1S/C10H15NO3/c1-7-4-5-10(14-7)9(6-12)11(3)8(2)13/h4-5,9,12H,6H2,1-3H3. The lowest BCUT2D eigenvalue weighted by Gasteiger charge is -2.23. The molecule has 4 nitrogen and oxygen atoms in total. The molecule has 1 rings (SSSR count). The summed E-state index contributed by atoms with van der Waals surface area (Å²) in [7, 11) is 1.64. The number of carbonyl (C=O) groups is 1. The highest BCUT2D eigenvalue weighted by atomic mass is 16.3. The second-order valence-electron chi connectivity index (χ2n) is 3.28. The summed E-state index contributed by atoms with van der Waals surface area (Å²) in [5.41, 5.74) is 0. The van der Waals surface area contributed by atoms with Crippen LogP contribution in [-0.2, 0) is 4.79 Å². The fourth-order valence-electron chi connectivity index (χ4n) is 1.26. The monoisotopic (exact) mass is 197 g/mol. The van der Waals surface area contributed by atoms with Crippen LogP contribution in [0.1, 0.15) is 24.5 Å². The van der Waals surface area contributed by atoms with Crippen LogP contribution in [0.2, 0.25) is 0 Å². The van der Waals surface area contributed by atoms with Gasteiger partial charge >= 0.3 is 0 Å². The Morgan fingerprint density at radius 3 is 2.64 bits per heavy atom. The Hall–Kier alpha value is -1.29. The minimum atomic E-state index is -0.388. The Labute approximate surface area is 83.1 Å². The van der Waals surface area contributed by atoms with Crippen LogP contribution in [0.15, 0.2) is 16.5 Å². The predicted molar refractivity (Wildman–Crippen MR) is 51.7 cm³/mol. The molecule has 0 aliphatic heterocycles. The number of aliphatic hydroxyl groups is 1. The highest BCUT2D eigenvalue weighted by Gasteiger charge is 2.20. The first-order valence-electron chi connectivity index (χ1n) is 4.47. The number of hydrogen-bond acceptors (Lipinski definition) is 3. The highest BCUT2D eigenvalue weighted by molar-refractivity contribution is 5.73. The van der Waals surface area contributed by atoms with Gasteiger partial charge in [0.2, 0.25) is 5.91 Å². The molecule has 1 heterocycles. The number of nitrogens with zero attached hydrogens (tertiary/aromatic N) is 1. The summed E-state index contributed by atoms with van der Waals surface area (Å²) < 4.78 is 5.35. The van der Waals surface area contributed by atoms with E-state index >= 15 is 0 Å².